The molecule has 0 spiro atoms. The number of pyridine rings is 1. The lowest BCUT2D eigenvalue weighted by atomic mass is 10.1. The Kier molecular flexibility index (Phi) is 4.75. The largest absolute Gasteiger partial charge is 0.382 e. The average molecular weight is 256 g/mol. The molecular weight excluding hydrogens is 238 g/mol. The highest BCUT2D eigenvalue weighted by atomic mass is 35.5. The van der Waals surface area contributed by atoms with Gasteiger partial charge < -0.3 is 10.6 Å². The molecule has 0 aliphatic rings. The Hall–Kier alpha value is -1.29. The molecule has 1 heterocycles. The normalized spacial score (nSPS) is 10.6. The van der Waals surface area contributed by atoms with E-state index in [1.807, 2.05) is 0 Å². The SMILES string of the molecule is CC(C)CCN(C)C(=O)c1cnc(N)c(Cl)c1. The van der Waals surface area contributed by atoms with Crippen LogP contribution in [-0.4, -0.2) is 29.4 Å². The van der Waals surface area contributed by atoms with Crippen LogP contribution in [0.4, 0.5) is 5.82 Å². The number of halogens is 1. The van der Waals surface area contributed by atoms with E-state index < -0.39 is 0 Å². The number of nitrogen functional groups attached to an aromatic ring is 1. The Balaban J connectivity index is 2.71. The van der Waals surface area contributed by atoms with Gasteiger partial charge in [-0.3, -0.25) is 4.79 Å². The Labute approximate surface area is 107 Å². The number of hydrogen-bond donors (Lipinski definition) is 1. The van der Waals surface area contributed by atoms with E-state index >= 15 is 0 Å². The number of nitrogens with zero attached hydrogens (tertiary/aromatic N) is 2. The molecule has 94 valence electrons. The minimum absolute atomic E-state index is 0.0833. The van der Waals surface area contributed by atoms with Crippen LogP contribution in [0.15, 0.2) is 12.3 Å². The van der Waals surface area contributed by atoms with Gasteiger partial charge in [-0.05, 0) is 18.4 Å². The summed E-state index contributed by atoms with van der Waals surface area (Å²) in [5.41, 5.74) is 5.96. The molecule has 0 fully saturated rings. The van der Waals surface area contributed by atoms with Crippen LogP contribution in [0.5, 0.6) is 0 Å². The van der Waals surface area contributed by atoms with Crippen molar-refractivity contribution < 1.29 is 4.79 Å². The van der Waals surface area contributed by atoms with Crippen molar-refractivity contribution in [2.24, 2.45) is 5.92 Å². The highest BCUT2D eigenvalue weighted by Gasteiger charge is 2.13. The van der Waals surface area contributed by atoms with Gasteiger partial charge in [-0.1, -0.05) is 25.4 Å². The zero-order chi connectivity index (χ0) is 13.0. The Bertz CT molecular complexity index is 407. The zero-order valence-electron chi connectivity index (χ0n) is 10.4. The Morgan fingerprint density at radius 2 is 2.24 bits per heavy atom. The van der Waals surface area contributed by atoms with Crippen LogP contribution in [-0.2, 0) is 0 Å². The standard InChI is InChI=1S/C12H18ClN3O/c1-8(2)4-5-16(3)12(17)9-6-10(13)11(14)15-7-9/h6-8H,4-5H2,1-3H3,(H2,14,15). The zero-order valence-corrected chi connectivity index (χ0v) is 11.2. The van der Waals surface area contributed by atoms with Gasteiger partial charge in [-0.25, -0.2) is 4.98 Å². The third kappa shape index (κ3) is 3.89. The van der Waals surface area contributed by atoms with Crippen molar-refractivity contribution in [3.05, 3.63) is 22.8 Å². The van der Waals surface area contributed by atoms with Gasteiger partial charge in [0.25, 0.3) is 5.91 Å². The van der Waals surface area contributed by atoms with Crippen molar-refractivity contribution in [3.63, 3.8) is 0 Å². The van der Waals surface area contributed by atoms with Crippen molar-refractivity contribution in [2.45, 2.75) is 20.3 Å². The van der Waals surface area contributed by atoms with E-state index in [-0.39, 0.29) is 11.7 Å². The molecule has 1 amide bonds. The first-order valence-corrected chi connectivity index (χ1v) is 5.96. The van der Waals surface area contributed by atoms with E-state index in [4.69, 9.17) is 17.3 Å². The first-order chi connectivity index (χ1) is 7.91. The topological polar surface area (TPSA) is 59.2 Å². The third-order valence-electron chi connectivity index (χ3n) is 2.51. The molecule has 0 aliphatic heterocycles. The number of carbonyl (C=O) groups is 1. The van der Waals surface area contributed by atoms with E-state index in [0.717, 1.165) is 13.0 Å². The number of hydrogen-bond acceptors (Lipinski definition) is 3. The number of amides is 1. The summed E-state index contributed by atoms with van der Waals surface area (Å²) in [6, 6.07) is 1.55. The summed E-state index contributed by atoms with van der Waals surface area (Å²) < 4.78 is 0. The van der Waals surface area contributed by atoms with E-state index in [1.165, 1.54) is 6.20 Å². The monoisotopic (exact) mass is 255 g/mol. The number of rotatable bonds is 4. The highest BCUT2D eigenvalue weighted by Crippen LogP contribution is 2.17. The summed E-state index contributed by atoms with van der Waals surface area (Å²) in [7, 11) is 1.77. The predicted octanol–water partition coefficient (Wildman–Crippen LogP) is 2.44. The Morgan fingerprint density at radius 1 is 1.59 bits per heavy atom. The van der Waals surface area contributed by atoms with Crippen molar-refractivity contribution >= 4 is 23.3 Å². The molecule has 1 rings (SSSR count). The Morgan fingerprint density at radius 3 is 2.76 bits per heavy atom. The van der Waals surface area contributed by atoms with E-state index in [1.54, 1.807) is 18.0 Å². The van der Waals surface area contributed by atoms with Gasteiger partial charge in [0.15, 0.2) is 0 Å². The van der Waals surface area contributed by atoms with Gasteiger partial charge in [0.05, 0.1) is 10.6 Å². The molecule has 1 aromatic heterocycles. The second-order valence-electron chi connectivity index (χ2n) is 4.50. The molecule has 0 aromatic carbocycles. The maximum Gasteiger partial charge on any atom is 0.255 e. The maximum absolute atomic E-state index is 12.0. The first-order valence-electron chi connectivity index (χ1n) is 5.58. The lowest BCUT2D eigenvalue weighted by Crippen LogP contribution is -2.28. The molecule has 1 aromatic rings. The summed E-state index contributed by atoms with van der Waals surface area (Å²) in [4.78, 5) is 17.6. The predicted molar refractivity (Wildman–Crippen MR) is 70.1 cm³/mol. The van der Waals surface area contributed by atoms with Crippen molar-refractivity contribution in [1.82, 2.24) is 9.88 Å². The van der Waals surface area contributed by atoms with Crippen molar-refractivity contribution in [2.75, 3.05) is 19.3 Å². The fraction of sp³-hybridized carbons (Fsp3) is 0.500. The molecule has 5 heteroatoms. The fourth-order valence-electron chi connectivity index (χ4n) is 1.34. The highest BCUT2D eigenvalue weighted by molar-refractivity contribution is 6.33. The van der Waals surface area contributed by atoms with Crippen LogP contribution in [0.2, 0.25) is 5.02 Å². The summed E-state index contributed by atoms with van der Waals surface area (Å²) in [6.45, 7) is 4.97. The minimum Gasteiger partial charge on any atom is -0.382 e. The summed E-state index contributed by atoms with van der Waals surface area (Å²) >= 11 is 5.83. The number of carbonyl (C=O) groups excluding carboxylic acids is 1. The lowest BCUT2D eigenvalue weighted by molar-refractivity contribution is 0.0789. The molecule has 17 heavy (non-hydrogen) atoms. The van der Waals surface area contributed by atoms with Gasteiger partial charge >= 0.3 is 0 Å². The quantitative estimate of drug-likeness (QED) is 0.899. The average Bonchev–Trinajstić information content (AvgIpc) is 2.28. The number of anilines is 1. The van der Waals surface area contributed by atoms with Crippen LogP contribution in [0, 0.1) is 5.92 Å². The molecule has 0 radical (unpaired) electrons. The van der Waals surface area contributed by atoms with E-state index in [2.05, 4.69) is 18.8 Å². The fourth-order valence-corrected chi connectivity index (χ4v) is 1.51. The van der Waals surface area contributed by atoms with Crippen molar-refractivity contribution in [1.29, 1.82) is 0 Å². The number of aromatic nitrogens is 1. The molecule has 0 unspecified atom stereocenters. The van der Waals surface area contributed by atoms with Crippen molar-refractivity contribution in [3.8, 4) is 0 Å². The second kappa shape index (κ2) is 5.87. The molecule has 4 nitrogen and oxygen atoms in total. The third-order valence-corrected chi connectivity index (χ3v) is 2.81. The minimum atomic E-state index is -0.0833. The van der Waals surface area contributed by atoms with Gasteiger partial charge in [0, 0.05) is 19.8 Å². The molecule has 0 saturated heterocycles. The van der Waals surface area contributed by atoms with Gasteiger partial charge in [0.1, 0.15) is 5.82 Å². The van der Waals surface area contributed by atoms with E-state index in [9.17, 15) is 4.79 Å². The molecule has 0 aliphatic carbocycles. The molecule has 0 bridgehead atoms. The summed E-state index contributed by atoms with van der Waals surface area (Å²) in [5, 5.41) is 0.313. The second-order valence-corrected chi connectivity index (χ2v) is 4.91. The molecule has 0 atom stereocenters. The van der Waals surface area contributed by atoms with Crippen LogP contribution >= 0.6 is 11.6 Å². The number of nitrogens with two attached hydrogens (primary N) is 1. The van der Waals surface area contributed by atoms with E-state index in [0.29, 0.717) is 16.5 Å². The van der Waals surface area contributed by atoms with Crippen LogP contribution in [0.1, 0.15) is 30.6 Å². The smallest absolute Gasteiger partial charge is 0.255 e. The molecule has 2 N–H and O–H groups in total. The molecule has 0 saturated carbocycles. The van der Waals surface area contributed by atoms with Gasteiger partial charge in [0.2, 0.25) is 0 Å². The van der Waals surface area contributed by atoms with Gasteiger partial charge in [-0.15, -0.1) is 0 Å². The summed E-state index contributed by atoms with van der Waals surface area (Å²) in [6.07, 6.45) is 2.42. The molecular formula is C12H18ClN3O. The van der Waals surface area contributed by atoms with Gasteiger partial charge in [-0.2, -0.15) is 0 Å². The summed E-state index contributed by atoms with van der Waals surface area (Å²) in [5.74, 6) is 0.728. The van der Waals surface area contributed by atoms with Crippen LogP contribution in [0.25, 0.3) is 0 Å². The maximum atomic E-state index is 12.0. The van der Waals surface area contributed by atoms with Crippen LogP contribution < -0.4 is 5.73 Å². The lowest BCUT2D eigenvalue weighted by Gasteiger charge is -2.18. The van der Waals surface area contributed by atoms with Crippen LogP contribution in [0.3, 0.4) is 0 Å². The first kappa shape index (κ1) is 13.8.